The number of pyridine rings is 1. The molecule has 0 spiro atoms. The summed E-state index contributed by atoms with van der Waals surface area (Å²) in [5.41, 5.74) is 0.902. The van der Waals surface area contributed by atoms with E-state index in [-0.39, 0.29) is 5.78 Å². The van der Waals surface area contributed by atoms with Crippen molar-refractivity contribution in [3.63, 3.8) is 0 Å². The van der Waals surface area contributed by atoms with Gasteiger partial charge in [-0.25, -0.2) is 0 Å². The average molecular weight is 160 g/mol. The first-order chi connectivity index (χ1) is 5.77. The molecular weight excluding hydrogens is 152 g/mol. The summed E-state index contributed by atoms with van der Waals surface area (Å²) in [4.78, 5) is 14.9. The summed E-state index contributed by atoms with van der Waals surface area (Å²) in [5.74, 6) is -0.000472. The Balaban J connectivity index is 2.94. The molecule has 0 radical (unpaired) electrons. The summed E-state index contributed by atoms with van der Waals surface area (Å²) in [6.45, 7) is 1.78. The van der Waals surface area contributed by atoms with Crippen molar-refractivity contribution in [3.05, 3.63) is 29.6 Å². The molecule has 0 atom stereocenters. The highest BCUT2D eigenvalue weighted by molar-refractivity contribution is 5.93. The summed E-state index contributed by atoms with van der Waals surface area (Å²) in [6.07, 6.45) is 1.85. The molecule has 0 saturated carbocycles. The van der Waals surface area contributed by atoms with Crippen LogP contribution in [0.2, 0.25) is 0 Å². The lowest BCUT2D eigenvalue weighted by molar-refractivity contribution is 0.0983. The second-order valence-corrected chi connectivity index (χ2v) is 2.32. The lowest BCUT2D eigenvalue weighted by Crippen LogP contribution is -1.99. The van der Waals surface area contributed by atoms with Crippen molar-refractivity contribution in [1.82, 2.24) is 4.98 Å². The normalized spacial score (nSPS) is 9.00. The van der Waals surface area contributed by atoms with Crippen LogP contribution < -0.4 is 0 Å². The minimum absolute atomic E-state index is 0.000472. The maximum atomic E-state index is 11.1. The van der Waals surface area contributed by atoms with E-state index in [1.807, 2.05) is 6.07 Å². The third kappa shape index (κ3) is 1.67. The first-order valence-corrected chi connectivity index (χ1v) is 3.67. The molecule has 1 heterocycles. The Morgan fingerprint density at radius 1 is 1.67 bits per heavy atom. The van der Waals surface area contributed by atoms with Crippen LogP contribution in [-0.4, -0.2) is 10.8 Å². The van der Waals surface area contributed by atoms with E-state index in [0.29, 0.717) is 17.7 Å². The third-order valence-corrected chi connectivity index (χ3v) is 1.50. The quantitative estimate of drug-likeness (QED) is 0.616. The van der Waals surface area contributed by atoms with Crippen LogP contribution in [0.15, 0.2) is 18.3 Å². The number of nitrogens with zero attached hydrogens (tertiary/aromatic N) is 2. The maximum Gasteiger partial charge on any atom is 0.180 e. The van der Waals surface area contributed by atoms with Crippen molar-refractivity contribution in [2.45, 2.75) is 13.3 Å². The van der Waals surface area contributed by atoms with Crippen LogP contribution in [0.4, 0.5) is 0 Å². The second kappa shape index (κ2) is 3.63. The van der Waals surface area contributed by atoms with Gasteiger partial charge in [0.25, 0.3) is 0 Å². The number of hydrogen-bond acceptors (Lipinski definition) is 3. The highest BCUT2D eigenvalue weighted by Crippen LogP contribution is 2.01. The Morgan fingerprint density at radius 2 is 2.42 bits per heavy atom. The first kappa shape index (κ1) is 8.41. The number of carbonyl (C=O) groups is 1. The van der Waals surface area contributed by atoms with Crippen LogP contribution in [0.3, 0.4) is 0 Å². The number of aromatic nitrogens is 1. The summed E-state index contributed by atoms with van der Waals surface area (Å²) >= 11 is 0. The van der Waals surface area contributed by atoms with Crippen LogP contribution >= 0.6 is 0 Å². The lowest BCUT2D eigenvalue weighted by Gasteiger charge is -1.94. The zero-order valence-corrected chi connectivity index (χ0v) is 6.74. The predicted molar refractivity (Wildman–Crippen MR) is 43.6 cm³/mol. The summed E-state index contributed by atoms with van der Waals surface area (Å²) < 4.78 is 0. The van der Waals surface area contributed by atoms with Crippen molar-refractivity contribution in [2.24, 2.45) is 0 Å². The molecule has 60 valence electrons. The number of rotatable bonds is 2. The van der Waals surface area contributed by atoms with Crippen LogP contribution in [-0.2, 0) is 0 Å². The molecule has 0 unspecified atom stereocenters. The number of hydrogen-bond donors (Lipinski definition) is 0. The SMILES string of the molecule is CCC(=O)c1ccc(C#N)cn1. The fourth-order valence-corrected chi connectivity index (χ4v) is 0.806. The van der Waals surface area contributed by atoms with Gasteiger partial charge >= 0.3 is 0 Å². The van der Waals surface area contributed by atoms with Gasteiger partial charge in [0.2, 0.25) is 0 Å². The van der Waals surface area contributed by atoms with E-state index in [4.69, 9.17) is 5.26 Å². The van der Waals surface area contributed by atoms with Crippen LogP contribution in [0.5, 0.6) is 0 Å². The largest absolute Gasteiger partial charge is 0.292 e. The van der Waals surface area contributed by atoms with E-state index in [0.717, 1.165) is 0 Å². The monoisotopic (exact) mass is 160 g/mol. The number of nitriles is 1. The Kier molecular flexibility index (Phi) is 2.54. The summed E-state index contributed by atoms with van der Waals surface area (Å²) in [6, 6.07) is 5.10. The van der Waals surface area contributed by atoms with E-state index in [1.165, 1.54) is 6.20 Å². The van der Waals surface area contributed by atoms with E-state index in [1.54, 1.807) is 19.1 Å². The molecule has 0 aliphatic carbocycles. The molecule has 0 aliphatic rings. The fourth-order valence-electron chi connectivity index (χ4n) is 0.806. The van der Waals surface area contributed by atoms with Gasteiger partial charge in [-0.3, -0.25) is 9.78 Å². The molecular formula is C9H8N2O. The maximum absolute atomic E-state index is 11.1. The van der Waals surface area contributed by atoms with Crippen LogP contribution in [0.25, 0.3) is 0 Å². The molecule has 0 aliphatic heterocycles. The van der Waals surface area contributed by atoms with Crippen molar-refractivity contribution in [1.29, 1.82) is 5.26 Å². The molecule has 0 bridgehead atoms. The second-order valence-electron chi connectivity index (χ2n) is 2.32. The number of Topliss-reactive ketones (excluding diaryl/α,β-unsaturated/α-hetero) is 1. The molecule has 3 heteroatoms. The van der Waals surface area contributed by atoms with Gasteiger partial charge < -0.3 is 0 Å². The zero-order chi connectivity index (χ0) is 8.97. The lowest BCUT2D eigenvalue weighted by atomic mass is 10.2. The Morgan fingerprint density at radius 3 is 2.83 bits per heavy atom. The average Bonchev–Trinajstić information content (AvgIpc) is 2.17. The van der Waals surface area contributed by atoms with E-state index < -0.39 is 0 Å². The molecule has 1 rings (SSSR count). The van der Waals surface area contributed by atoms with Crippen molar-refractivity contribution < 1.29 is 4.79 Å². The number of ketones is 1. The summed E-state index contributed by atoms with van der Waals surface area (Å²) in [7, 11) is 0. The molecule has 1 aromatic heterocycles. The minimum atomic E-state index is -0.000472. The fraction of sp³-hybridized carbons (Fsp3) is 0.222. The molecule has 0 aromatic carbocycles. The molecule has 12 heavy (non-hydrogen) atoms. The third-order valence-electron chi connectivity index (χ3n) is 1.50. The van der Waals surface area contributed by atoms with E-state index in [2.05, 4.69) is 4.98 Å². The smallest absolute Gasteiger partial charge is 0.180 e. The first-order valence-electron chi connectivity index (χ1n) is 3.67. The van der Waals surface area contributed by atoms with Crippen molar-refractivity contribution in [2.75, 3.05) is 0 Å². The topological polar surface area (TPSA) is 53.8 Å². The van der Waals surface area contributed by atoms with Crippen molar-refractivity contribution >= 4 is 5.78 Å². The standard InChI is InChI=1S/C9H8N2O/c1-2-9(12)8-4-3-7(5-10)6-11-8/h3-4,6H,2H2,1H3. The molecule has 1 aromatic rings. The minimum Gasteiger partial charge on any atom is -0.292 e. The van der Waals surface area contributed by atoms with Gasteiger partial charge in [0.05, 0.1) is 5.56 Å². The van der Waals surface area contributed by atoms with E-state index in [9.17, 15) is 4.79 Å². The Bertz CT molecular complexity index is 321. The van der Waals surface area contributed by atoms with Gasteiger partial charge in [-0.1, -0.05) is 6.92 Å². The van der Waals surface area contributed by atoms with E-state index >= 15 is 0 Å². The molecule has 0 N–H and O–H groups in total. The van der Waals surface area contributed by atoms with Gasteiger partial charge in [-0.15, -0.1) is 0 Å². The summed E-state index contributed by atoms with van der Waals surface area (Å²) in [5, 5.41) is 8.45. The van der Waals surface area contributed by atoms with Crippen molar-refractivity contribution in [3.8, 4) is 6.07 Å². The predicted octanol–water partition coefficient (Wildman–Crippen LogP) is 1.55. The van der Waals surface area contributed by atoms with Gasteiger partial charge in [-0.2, -0.15) is 5.26 Å². The van der Waals surface area contributed by atoms with Crippen LogP contribution in [0.1, 0.15) is 29.4 Å². The van der Waals surface area contributed by atoms with Gasteiger partial charge in [0.1, 0.15) is 11.8 Å². The van der Waals surface area contributed by atoms with Crippen LogP contribution in [0, 0.1) is 11.3 Å². The van der Waals surface area contributed by atoms with Gasteiger partial charge in [0, 0.05) is 12.6 Å². The highest BCUT2D eigenvalue weighted by atomic mass is 16.1. The number of carbonyl (C=O) groups excluding carboxylic acids is 1. The highest BCUT2D eigenvalue weighted by Gasteiger charge is 2.02. The Hall–Kier alpha value is -1.69. The molecule has 3 nitrogen and oxygen atoms in total. The van der Waals surface area contributed by atoms with Gasteiger partial charge in [-0.05, 0) is 12.1 Å². The Labute approximate surface area is 70.7 Å². The van der Waals surface area contributed by atoms with Gasteiger partial charge in [0.15, 0.2) is 5.78 Å². The molecule has 0 saturated heterocycles. The zero-order valence-electron chi connectivity index (χ0n) is 6.74. The molecule has 0 fully saturated rings. The molecule has 0 amide bonds.